The minimum Gasteiger partial charge on any atom is -0.399 e. The van der Waals surface area contributed by atoms with Gasteiger partial charge in [0.05, 0.1) is 0 Å². The second kappa shape index (κ2) is 5.24. The van der Waals surface area contributed by atoms with E-state index in [0.29, 0.717) is 17.2 Å². The van der Waals surface area contributed by atoms with Gasteiger partial charge in [-0.3, -0.25) is 4.79 Å². The minimum absolute atomic E-state index is 0.0409. The van der Waals surface area contributed by atoms with Gasteiger partial charge in [-0.1, -0.05) is 31.2 Å². The summed E-state index contributed by atoms with van der Waals surface area (Å²) < 4.78 is 0. The SMILES string of the molecule is Cc1ccc(N)cc1C(=O)N1CCC(C)c2ccccc21. The molecular weight excluding hydrogens is 260 g/mol. The topological polar surface area (TPSA) is 46.3 Å². The number of hydrogen-bond acceptors (Lipinski definition) is 2. The van der Waals surface area contributed by atoms with Crippen molar-refractivity contribution in [2.45, 2.75) is 26.2 Å². The average molecular weight is 280 g/mol. The zero-order valence-electron chi connectivity index (χ0n) is 12.5. The van der Waals surface area contributed by atoms with Crippen LogP contribution in [0.1, 0.15) is 40.7 Å². The molecular formula is C18H20N2O. The molecule has 3 heteroatoms. The third kappa shape index (κ3) is 2.40. The molecule has 2 aromatic rings. The Morgan fingerprint density at radius 1 is 1.24 bits per heavy atom. The van der Waals surface area contributed by atoms with E-state index in [9.17, 15) is 4.79 Å². The molecule has 3 rings (SSSR count). The number of carbonyl (C=O) groups excluding carboxylic acids is 1. The molecule has 0 saturated heterocycles. The van der Waals surface area contributed by atoms with E-state index >= 15 is 0 Å². The van der Waals surface area contributed by atoms with E-state index in [1.165, 1.54) is 5.56 Å². The van der Waals surface area contributed by atoms with E-state index in [4.69, 9.17) is 5.73 Å². The Labute approximate surface area is 125 Å². The maximum Gasteiger partial charge on any atom is 0.258 e. The summed E-state index contributed by atoms with van der Waals surface area (Å²) in [6, 6.07) is 13.7. The fourth-order valence-corrected chi connectivity index (χ4v) is 2.98. The number of amides is 1. The number of carbonyl (C=O) groups is 1. The smallest absolute Gasteiger partial charge is 0.258 e. The molecule has 0 spiro atoms. The number of nitrogen functional groups attached to an aromatic ring is 1. The Morgan fingerprint density at radius 2 is 2.00 bits per heavy atom. The molecule has 1 atom stereocenters. The lowest BCUT2D eigenvalue weighted by atomic mass is 9.91. The van der Waals surface area contributed by atoms with Crippen molar-refractivity contribution in [1.82, 2.24) is 0 Å². The van der Waals surface area contributed by atoms with E-state index in [0.717, 1.165) is 24.2 Å². The van der Waals surface area contributed by atoms with E-state index in [2.05, 4.69) is 13.0 Å². The number of fused-ring (bicyclic) bond motifs is 1. The van der Waals surface area contributed by atoms with Crippen molar-refractivity contribution < 1.29 is 4.79 Å². The van der Waals surface area contributed by atoms with Crippen molar-refractivity contribution in [3.63, 3.8) is 0 Å². The van der Waals surface area contributed by atoms with Crippen LogP contribution in [0.15, 0.2) is 42.5 Å². The molecule has 0 bridgehead atoms. The Hall–Kier alpha value is -2.29. The monoisotopic (exact) mass is 280 g/mol. The van der Waals surface area contributed by atoms with Crippen molar-refractivity contribution in [3.8, 4) is 0 Å². The summed E-state index contributed by atoms with van der Waals surface area (Å²) in [5, 5.41) is 0. The predicted molar refractivity (Wildman–Crippen MR) is 86.7 cm³/mol. The Morgan fingerprint density at radius 3 is 2.81 bits per heavy atom. The molecule has 108 valence electrons. The molecule has 1 unspecified atom stereocenters. The predicted octanol–water partition coefficient (Wildman–Crippen LogP) is 3.73. The Balaban J connectivity index is 2.03. The van der Waals surface area contributed by atoms with Gasteiger partial charge in [-0.05, 0) is 48.6 Å². The first kappa shape index (κ1) is 13.7. The molecule has 0 saturated carbocycles. The van der Waals surface area contributed by atoms with Gasteiger partial charge in [0.25, 0.3) is 5.91 Å². The number of benzene rings is 2. The highest BCUT2D eigenvalue weighted by Gasteiger charge is 2.27. The molecule has 2 N–H and O–H groups in total. The number of para-hydroxylation sites is 1. The van der Waals surface area contributed by atoms with Gasteiger partial charge in [0.1, 0.15) is 0 Å². The van der Waals surface area contributed by atoms with Crippen LogP contribution in [0, 0.1) is 6.92 Å². The minimum atomic E-state index is 0.0409. The average Bonchev–Trinajstić information content (AvgIpc) is 2.50. The summed E-state index contributed by atoms with van der Waals surface area (Å²) in [7, 11) is 0. The second-order valence-electron chi connectivity index (χ2n) is 5.78. The van der Waals surface area contributed by atoms with Crippen LogP contribution in [0.25, 0.3) is 0 Å². The van der Waals surface area contributed by atoms with Gasteiger partial charge >= 0.3 is 0 Å². The molecule has 2 aromatic carbocycles. The first-order chi connectivity index (χ1) is 10.1. The molecule has 1 aliphatic rings. The molecule has 0 fully saturated rings. The first-order valence-corrected chi connectivity index (χ1v) is 7.35. The summed E-state index contributed by atoms with van der Waals surface area (Å²) in [4.78, 5) is 14.8. The van der Waals surface area contributed by atoms with E-state index < -0.39 is 0 Å². The van der Waals surface area contributed by atoms with Gasteiger partial charge in [0.2, 0.25) is 0 Å². The summed E-state index contributed by atoms with van der Waals surface area (Å²) in [6.45, 7) is 4.92. The standard InChI is InChI=1S/C18H20N2O/c1-12-7-8-14(19)11-16(12)18(21)20-10-9-13(2)15-5-3-4-6-17(15)20/h3-8,11,13H,9-10,19H2,1-2H3. The van der Waals surface area contributed by atoms with Gasteiger partial charge in [-0.2, -0.15) is 0 Å². The third-order valence-corrected chi connectivity index (χ3v) is 4.28. The van der Waals surface area contributed by atoms with E-state index in [1.807, 2.05) is 42.2 Å². The highest BCUT2D eigenvalue weighted by atomic mass is 16.2. The fraction of sp³-hybridized carbons (Fsp3) is 0.278. The van der Waals surface area contributed by atoms with Crippen LogP contribution in [0.5, 0.6) is 0 Å². The van der Waals surface area contributed by atoms with Crippen molar-refractivity contribution in [3.05, 3.63) is 59.2 Å². The number of hydrogen-bond donors (Lipinski definition) is 1. The zero-order chi connectivity index (χ0) is 15.0. The lowest BCUT2D eigenvalue weighted by molar-refractivity contribution is 0.0984. The molecule has 3 nitrogen and oxygen atoms in total. The normalized spacial score (nSPS) is 17.4. The first-order valence-electron chi connectivity index (χ1n) is 7.35. The highest BCUT2D eigenvalue weighted by molar-refractivity contribution is 6.08. The number of nitrogens with two attached hydrogens (primary N) is 1. The lowest BCUT2D eigenvalue weighted by Crippen LogP contribution is -2.36. The van der Waals surface area contributed by atoms with Crippen LogP contribution in [0.3, 0.4) is 0 Å². The summed E-state index contributed by atoms with van der Waals surface area (Å²) >= 11 is 0. The number of aryl methyl sites for hydroxylation is 1. The van der Waals surface area contributed by atoms with Crippen molar-refractivity contribution in [2.24, 2.45) is 0 Å². The molecule has 1 heterocycles. The van der Waals surface area contributed by atoms with Gasteiger partial charge < -0.3 is 10.6 Å². The Kier molecular flexibility index (Phi) is 3.42. The second-order valence-corrected chi connectivity index (χ2v) is 5.78. The van der Waals surface area contributed by atoms with Gasteiger partial charge in [0.15, 0.2) is 0 Å². The summed E-state index contributed by atoms with van der Waals surface area (Å²) in [5.74, 6) is 0.534. The number of nitrogens with zero attached hydrogens (tertiary/aromatic N) is 1. The van der Waals surface area contributed by atoms with Gasteiger partial charge in [-0.25, -0.2) is 0 Å². The zero-order valence-corrected chi connectivity index (χ0v) is 12.5. The van der Waals surface area contributed by atoms with Crippen LogP contribution in [0.2, 0.25) is 0 Å². The Bertz CT molecular complexity index is 693. The fourth-order valence-electron chi connectivity index (χ4n) is 2.98. The van der Waals surface area contributed by atoms with E-state index in [-0.39, 0.29) is 5.91 Å². The maximum absolute atomic E-state index is 12.9. The summed E-state index contributed by atoms with van der Waals surface area (Å²) in [6.07, 6.45) is 0.990. The molecule has 0 radical (unpaired) electrons. The largest absolute Gasteiger partial charge is 0.399 e. The van der Waals surface area contributed by atoms with Gasteiger partial charge in [0, 0.05) is 23.5 Å². The van der Waals surface area contributed by atoms with Gasteiger partial charge in [-0.15, -0.1) is 0 Å². The van der Waals surface area contributed by atoms with Crippen molar-refractivity contribution >= 4 is 17.3 Å². The van der Waals surface area contributed by atoms with Crippen LogP contribution < -0.4 is 10.6 Å². The molecule has 1 amide bonds. The highest BCUT2D eigenvalue weighted by Crippen LogP contribution is 2.35. The lowest BCUT2D eigenvalue weighted by Gasteiger charge is -2.33. The molecule has 21 heavy (non-hydrogen) atoms. The molecule has 0 aromatic heterocycles. The van der Waals surface area contributed by atoms with Crippen LogP contribution in [-0.4, -0.2) is 12.5 Å². The van der Waals surface area contributed by atoms with Crippen molar-refractivity contribution in [1.29, 1.82) is 0 Å². The van der Waals surface area contributed by atoms with Crippen LogP contribution in [0.4, 0.5) is 11.4 Å². The third-order valence-electron chi connectivity index (χ3n) is 4.28. The molecule has 0 aliphatic carbocycles. The maximum atomic E-state index is 12.9. The number of rotatable bonds is 1. The summed E-state index contributed by atoms with van der Waals surface area (Å²) in [5.41, 5.74) is 10.4. The van der Waals surface area contributed by atoms with E-state index in [1.54, 1.807) is 6.07 Å². The quantitative estimate of drug-likeness (QED) is 0.809. The number of anilines is 2. The molecule has 1 aliphatic heterocycles. The van der Waals surface area contributed by atoms with Crippen LogP contribution in [-0.2, 0) is 0 Å². The van der Waals surface area contributed by atoms with Crippen molar-refractivity contribution in [2.75, 3.05) is 17.2 Å². The van der Waals surface area contributed by atoms with Crippen LogP contribution >= 0.6 is 0 Å².